The lowest BCUT2D eigenvalue weighted by Crippen LogP contribution is -2.44. The Morgan fingerprint density at radius 2 is 1.92 bits per heavy atom. The summed E-state index contributed by atoms with van der Waals surface area (Å²) in [6.07, 6.45) is 3.24. The van der Waals surface area contributed by atoms with Crippen molar-refractivity contribution in [1.82, 2.24) is 10.3 Å². The molecule has 0 saturated carbocycles. The quantitative estimate of drug-likeness (QED) is 0.551. The lowest BCUT2D eigenvalue weighted by molar-refractivity contribution is -0.160. The van der Waals surface area contributed by atoms with Crippen LogP contribution in [0.1, 0.15) is 56.1 Å². The first-order valence-corrected chi connectivity index (χ1v) is 12.2. The Morgan fingerprint density at radius 1 is 1.17 bits per heavy atom. The molecule has 1 aromatic heterocycles. The SMILES string of the molecule is CCOC1C(Cc2ccccc2)CCCC(NC(=O)c2nccc(OC)c2OC(C)=O)C(=O)OC1C. The van der Waals surface area contributed by atoms with Gasteiger partial charge in [-0.15, -0.1) is 0 Å². The molecule has 1 aliphatic rings. The molecular formula is C27H34N2O7. The number of hydrogen-bond donors (Lipinski definition) is 1. The first-order valence-electron chi connectivity index (χ1n) is 12.2. The number of carbonyl (C=O) groups is 3. The van der Waals surface area contributed by atoms with Gasteiger partial charge in [-0.25, -0.2) is 9.78 Å². The van der Waals surface area contributed by atoms with Crippen LogP contribution < -0.4 is 14.8 Å². The smallest absolute Gasteiger partial charge is 0.329 e. The molecule has 1 aliphatic heterocycles. The number of cyclic esters (lactones) is 1. The van der Waals surface area contributed by atoms with Gasteiger partial charge in [0.25, 0.3) is 5.91 Å². The molecule has 1 N–H and O–H groups in total. The second-order valence-electron chi connectivity index (χ2n) is 8.75. The van der Waals surface area contributed by atoms with Gasteiger partial charge in [-0.05, 0) is 44.6 Å². The number of aromatic nitrogens is 1. The third-order valence-electron chi connectivity index (χ3n) is 6.14. The van der Waals surface area contributed by atoms with E-state index in [1.54, 1.807) is 0 Å². The minimum atomic E-state index is -0.893. The molecule has 0 aliphatic carbocycles. The molecule has 2 aromatic rings. The summed E-state index contributed by atoms with van der Waals surface area (Å²) in [5.41, 5.74) is 1.04. The number of carbonyl (C=O) groups excluding carboxylic acids is 3. The van der Waals surface area contributed by atoms with E-state index in [1.165, 1.54) is 31.9 Å². The van der Waals surface area contributed by atoms with Crippen molar-refractivity contribution in [3.63, 3.8) is 0 Å². The zero-order valence-electron chi connectivity index (χ0n) is 21.2. The van der Waals surface area contributed by atoms with Gasteiger partial charge in [0.05, 0.1) is 13.2 Å². The van der Waals surface area contributed by atoms with Gasteiger partial charge in [0.15, 0.2) is 11.4 Å². The van der Waals surface area contributed by atoms with Crippen LogP contribution in [0.5, 0.6) is 11.5 Å². The van der Waals surface area contributed by atoms with Gasteiger partial charge in [0, 0.05) is 25.8 Å². The Kier molecular flexibility index (Phi) is 9.81. The van der Waals surface area contributed by atoms with Gasteiger partial charge in [-0.1, -0.05) is 36.8 Å². The van der Waals surface area contributed by atoms with E-state index in [4.69, 9.17) is 18.9 Å². The van der Waals surface area contributed by atoms with Gasteiger partial charge in [0.2, 0.25) is 5.75 Å². The fourth-order valence-electron chi connectivity index (χ4n) is 4.53. The summed E-state index contributed by atoms with van der Waals surface area (Å²) in [5, 5.41) is 2.71. The Hall–Kier alpha value is -3.46. The van der Waals surface area contributed by atoms with Crippen LogP contribution in [0.15, 0.2) is 42.6 Å². The van der Waals surface area contributed by atoms with Crippen molar-refractivity contribution in [2.75, 3.05) is 13.7 Å². The fraction of sp³-hybridized carbons (Fsp3) is 0.481. The average molecular weight is 499 g/mol. The number of methoxy groups -OCH3 is 1. The third-order valence-corrected chi connectivity index (χ3v) is 6.14. The summed E-state index contributed by atoms with van der Waals surface area (Å²) in [7, 11) is 1.39. The highest BCUT2D eigenvalue weighted by molar-refractivity contribution is 5.98. The highest BCUT2D eigenvalue weighted by Gasteiger charge is 2.35. The van der Waals surface area contributed by atoms with E-state index in [-0.39, 0.29) is 29.2 Å². The highest BCUT2D eigenvalue weighted by Crippen LogP contribution is 2.31. The number of nitrogens with zero attached hydrogens (tertiary/aromatic N) is 1. The summed E-state index contributed by atoms with van der Waals surface area (Å²) < 4.78 is 22.2. The Bertz CT molecular complexity index is 1040. The summed E-state index contributed by atoms with van der Waals surface area (Å²) in [5.74, 6) is -1.62. The topological polar surface area (TPSA) is 113 Å². The summed E-state index contributed by atoms with van der Waals surface area (Å²) >= 11 is 0. The first-order chi connectivity index (χ1) is 17.3. The molecule has 4 unspecified atom stereocenters. The van der Waals surface area contributed by atoms with Crippen molar-refractivity contribution >= 4 is 17.8 Å². The molecule has 194 valence electrons. The largest absolute Gasteiger partial charge is 0.493 e. The standard InChI is InChI=1S/C27H34N2O7/c1-5-34-24-17(2)35-27(32)21(13-9-12-20(24)16-19-10-7-6-8-11-19)29-26(31)23-25(36-18(3)30)22(33-4)14-15-28-23/h6-8,10-11,14-15,17,20-21,24H,5,9,12-13,16H2,1-4H3,(H,29,31). The Balaban J connectivity index is 1.79. The molecule has 1 aromatic carbocycles. The van der Waals surface area contributed by atoms with Gasteiger partial charge < -0.3 is 24.3 Å². The van der Waals surface area contributed by atoms with Crippen molar-refractivity contribution in [1.29, 1.82) is 0 Å². The highest BCUT2D eigenvalue weighted by atomic mass is 16.6. The number of rotatable bonds is 8. The van der Waals surface area contributed by atoms with Crippen LogP contribution in [0.4, 0.5) is 0 Å². The molecule has 9 heteroatoms. The molecule has 9 nitrogen and oxygen atoms in total. The number of amides is 1. The minimum absolute atomic E-state index is 0.103. The monoisotopic (exact) mass is 498 g/mol. The molecule has 1 fully saturated rings. The summed E-state index contributed by atoms with van der Waals surface area (Å²) in [6, 6.07) is 10.7. The van der Waals surface area contributed by atoms with E-state index in [9.17, 15) is 14.4 Å². The lowest BCUT2D eigenvalue weighted by Gasteiger charge is -2.31. The maximum Gasteiger partial charge on any atom is 0.329 e. The molecule has 0 radical (unpaired) electrons. The van der Waals surface area contributed by atoms with E-state index in [0.29, 0.717) is 19.4 Å². The number of pyridine rings is 1. The van der Waals surface area contributed by atoms with Crippen LogP contribution >= 0.6 is 0 Å². The van der Waals surface area contributed by atoms with Crippen molar-refractivity contribution < 1.29 is 33.3 Å². The molecule has 4 atom stereocenters. The van der Waals surface area contributed by atoms with E-state index < -0.39 is 30.0 Å². The fourth-order valence-corrected chi connectivity index (χ4v) is 4.53. The number of hydrogen-bond acceptors (Lipinski definition) is 8. The lowest BCUT2D eigenvalue weighted by atomic mass is 9.87. The van der Waals surface area contributed by atoms with Crippen molar-refractivity contribution in [2.24, 2.45) is 5.92 Å². The predicted octanol–water partition coefficient (Wildman–Crippen LogP) is 3.49. The van der Waals surface area contributed by atoms with E-state index in [2.05, 4.69) is 22.4 Å². The number of ether oxygens (including phenoxy) is 4. The van der Waals surface area contributed by atoms with Crippen LogP contribution in [0.2, 0.25) is 0 Å². The van der Waals surface area contributed by atoms with E-state index >= 15 is 0 Å². The summed E-state index contributed by atoms with van der Waals surface area (Å²) in [4.78, 5) is 41.8. The van der Waals surface area contributed by atoms with Crippen molar-refractivity contribution in [3.05, 3.63) is 53.9 Å². The van der Waals surface area contributed by atoms with Crippen LogP contribution in [0, 0.1) is 5.92 Å². The predicted molar refractivity (Wildman–Crippen MR) is 132 cm³/mol. The number of nitrogens with one attached hydrogen (secondary N) is 1. The molecule has 0 spiro atoms. The van der Waals surface area contributed by atoms with Crippen LogP contribution in [0.25, 0.3) is 0 Å². The maximum atomic E-state index is 13.1. The molecule has 3 rings (SSSR count). The van der Waals surface area contributed by atoms with Crippen molar-refractivity contribution in [2.45, 2.75) is 64.7 Å². The Labute approximate surface area is 211 Å². The molecule has 36 heavy (non-hydrogen) atoms. The van der Waals surface area contributed by atoms with E-state index in [0.717, 1.165) is 12.8 Å². The van der Waals surface area contributed by atoms with Gasteiger partial charge in [-0.2, -0.15) is 0 Å². The normalized spacial score (nSPS) is 22.4. The third kappa shape index (κ3) is 7.04. The zero-order valence-corrected chi connectivity index (χ0v) is 21.2. The molecule has 0 bridgehead atoms. The summed E-state index contributed by atoms with van der Waals surface area (Å²) in [6.45, 7) is 5.46. The first kappa shape index (κ1) is 27.1. The maximum absolute atomic E-state index is 13.1. The molecule has 2 heterocycles. The van der Waals surface area contributed by atoms with E-state index in [1.807, 2.05) is 32.0 Å². The second kappa shape index (κ2) is 13.0. The number of benzene rings is 1. The van der Waals surface area contributed by atoms with Crippen LogP contribution in [-0.4, -0.2) is 54.8 Å². The molecular weight excluding hydrogens is 464 g/mol. The van der Waals surface area contributed by atoms with Gasteiger partial charge in [0.1, 0.15) is 12.1 Å². The zero-order chi connectivity index (χ0) is 26.1. The van der Waals surface area contributed by atoms with Crippen LogP contribution in [0.3, 0.4) is 0 Å². The van der Waals surface area contributed by atoms with Crippen LogP contribution in [-0.2, 0) is 25.5 Å². The number of esters is 2. The molecule has 1 amide bonds. The average Bonchev–Trinajstić information content (AvgIpc) is 2.90. The molecule has 1 saturated heterocycles. The second-order valence-corrected chi connectivity index (χ2v) is 8.75. The van der Waals surface area contributed by atoms with Crippen molar-refractivity contribution in [3.8, 4) is 11.5 Å². The van der Waals surface area contributed by atoms with Gasteiger partial charge >= 0.3 is 11.9 Å². The Morgan fingerprint density at radius 3 is 2.58 bits per heavy atom. The van der Waals surface area contributed by atoms with Gasteiger partial charge in [-0.3, -0.25) is 9.59 Å². The minimum Gasteiger partial charge on any atom is -0.493 e.